The molecule has 7 heterocycles. The van der Waals surface area contributed by atoms with Crippen LogP contribution in [-0.2, 0) is 38.2 Å². The first-order valence-corrected chi connectivity index (χ1v) is 22.7. The number of imide groups is 2. The van der Waals surface area contributed by atoms with E-state index in [2.05, 4.69) is 30.6 Å². The molecule has 354 valence electrons. The van der Waals surface area contributed by atoms with Crippen molar-refractivity contribution in [3.8, 4) is 11.3 Å². The average molecular weight is 932 g/mol. The summed E-state index contributed by atoms with van der Waals surface area (Å²) in [4.78, 5) is 105. The van der Waals surface area contributed by atoms with Crippen LogP contribution in [0.4, 0.5) is 15.9 Å². The number of likely N-dealkylation sites (tertiary alicyclic amines) is 3. The largest absolute Gasteiger partial charge is 0.442 e. The van der Waals surface area contributed by atoms with Crippen LogP contribution in [0.2, 0.25) is 0 Å². The number of amides is 6. The summed E-state index contributed by atoms with van der Waals surface area (Å²) in [6, 6.07) is 12.8. The van der Waals surface area contributed by atoms with Crippen molar-refractivity contribution in [2.24, 2.45) is 5.92 Å². The van der Waals surface area contributed by atoms with E-state index in [-0.39, 0.29) is 54.0 Å². The van der Waals surface area contributed by atoms with Gasteiger partial charge >= 0.3 is 5.97 Å². The van der Waals surface area contributed by atoms with E-state index in [1.807, 2.05) is 15.8 Å². The van der Waals surface area contributed by atoms with E-state index in [0.29, 0.717) is 55.3 Å². The lowest BCUT2D eigenvalue weighted by molar-refractivity contribution is -0.151. The number of nitrogens with two attached hydrogens (primary N) is 1. The fourth-order valence-electron chi connectivity index (χ4n) is 9.17. The molecule has 2 atom stereocenters. The van der Waals surface area contributed by atoms with E-state index < -0.39 is 53.5 Å². The third-order valence-corrected chi connectivity index (χ3v) is 13.0. The first kappa shape index (κ1) is 45.8. The van der Waals surface area contributed by atoms with Crippen LogP contribution in [-0.4, -0.2) is 145 Å². The van der Waals surface area contributed by atoms with Crippen LogP contribution in [0.15, 0.2) is 85.0 Å². The smallest absolute Gasteiger partial charge is 0.361 e. The lowest BCUT2D eigenvalue weighted by atomic mass is 9.95. The quantitative estimate of drug-likeness (QED) is 0.121. The van der Waals surface area contributed by atoms with E-state index in [4.69, 9.17) is 15.2 Å². The zero-order chi connectivity index (χ0) is 47.5. The highest BCUT2D eigenvalue weighted by Gasteiger charge is 2.47. The van der Waals surface area contributed by atoms with Gasteiger partial charge in [0.15, 0.2) is 11.5 Å². The molecule has 2 aromatic heterocycles. The van der Waals surface area contributed by atoms with Gasteiger partial charge in [0.1, 0.15) is 17.6 Å². The number of nitrogens with zero attached hydrogens (tertiary/aromatic N) is 8. The molecule has 4 aromatic rings. The van der Waals surface area contributed by atoms with Crippen molar-refractivity contribution in [2.45, 2.75) is 62.8 Å². The Morgan fingerprint density at radius 2 is 1.65 bits per heavy atom. The van der Waals surface area contributed by atoms with Crippen LogP contribution in [0.5, 0.6) is 0 Å². The number of nitrogens with one attached hydrogen (secondary N) is 2. The second-order valence-corrected chi connectivity index (χ2v) is 17.5. The van der Waals surface area contributed by atoms with Crippen molar-refractivity contribution in [1.82, 2.24) is 44.7 Å². The third-order valence-electron chi connectivity index (χ3n) is 13.0. The van der Waals surface area contributed by atoms with Crippen molar-refractivity contribution >= 4 is 52.9 Å². The van der Waals surface area contributed by atoms with Gasteiger partial charge in [0, 0.05) is 81.3 Å². The van der Waals surface area contributed by atoms with Crippen LogP contribution in [0.3, 0.4) is 0 Å². The Hall–Kier alpha value is -7.39. The summed E-state index contributed by atoms with van der Waals surface area (Å²) in [6.07, 6.45) is 8.10. The number of benzene rings is 2. The predicted octanol–water partition coefficient (Wildman–Crippen LogP) is 2.23. The maximum Gasteiger partial charge on any atom is 0.361 e. The topological polar surface area (TPSA) is 245 Å². The Bertz CT molecular complexity index is 2620. The molecule has 5 aliphatic rings. The van der Waals surface area contributed by atoms with Crippen LogP contribution in [0, 0.1) is 11.7 Å². The number of piperidine rings is 3. The van der Waals surface area contributed by atoms with Gasteiger partial charge in [-0.25, -0.2) is 19.2 Å². The summed E-state index contributed by atoms with van der Waals surface area (Å²) in [6.45, 7) is 4.77. The van der Waals surface area contributed by atoms with Crippen molar-refractivity contribution in [3.63, 3.8) is 0 Å². The van der Waals surface area contributed by atoms with Crippen molar-refractivity contribution < 1.29 is 47.4 Å². The summed E-state index contributed by atoms with van der Waals surface area (Å²) < 4.78 is 27.3. The second-order valence-electron chi connectivity index (χ2n) is 17.5. The van der Waals surface area contributed by atoms with E-state index in [9.17, 15) is 38.0 Å². The van der Waals surface area contributed by atoms with Crippen LogP contribution < -0.4 is 16.4 Å². The Morgan fingerprint density at radius 1 is 0.912 bits per heavy atom. The van der Waals surface area contributed by atoms with E-state index in [1.54, 1.807) is 41.4 Å². The maximum absolute atomic E-state index is 13.6. The highest BCUT2D eigenvalue weighted by atomic mass is 19.1. The van der Waals surface area contributed by atoms with Gasteiger partial charge in [-0.3, -0.25) is 43.7 Å². The minimum atomic E-state index is -1.38. The highest BCUT2D eigenvalue weighted by Crippen LogP contribution is 2.31. The number of carbonyl (C=O) groups is 7. The van der Waals surface area contributed by atoms with Gasteiger partial charge in [0.25, 0.3) is 17.7 Å². The first-order valence-electron chi connectivity index (χ1n) is 22.7. The molecule has 4 fully saturated rings. The van der Waals surface area contributed by atoms with Gasteiger partial charge in [0.05, 0.1) is 42.8 Å². The number of halogens is 1. The number of esters is 1. The molecule has 1 unspecified atom stereocenters. The highest BCUT2D eigenvalue weighted by molar-refractivity contribution is 6.18. The Kier molecular flexibility index (Phi) is 13.3. The first-order chi connectivity index (χ1) is 32.9. The predicted molar refractivity (Wildman–Crippen MR) is 239 cm³/mol. The number of hydrogen-bond acceptors (Lipinski definition) is 15. The van der Waals surface area contributed by atoms with Crippen LogP contribution in [0.1, 0.15) is 66.7 Å². The Morgan fingerprint density at radius 3 is 2.37 bits per heavy atom. The number of ether oxygens (including phenoxy) is 2. The molecule has 2 aromatic carbocycles. The zero-order valence-corrected chi connectivity index (χ0v) is 37.0. The average Bonchev–Trinajstić information content (AvgIpc) is 3.93. The number of aromatic nitrogens is 4. The van der Waals surface area contributed by atoms with E-state index in [1.165, 1.54) is 36.5 Å². The van der Waals surface area contributed by atoms with Crippen LogP contribution in [0.25, 0.3) is 11.3 Å². The molecule has 0 aliphatic carbocycles. The van der Waals surface area contributed by atoms with Crippen LogP contribution >= 0.6 is 0 Å². The molecule has 0 saturated carbocycles. The molecule has 20 nitrogen and oxygen atoms in total. The van der Waals surface area contributed by atoms with Gasteiger partial charge in [-0.15, -0.1) is 0 Å². The zero-order valence-electron chi connectivity index (χ0n) is 37.0. The minimum Gasteiger partial charge on any atom is -0.442 e. The molecule has 5 aliphatic heterocycles. The number of anilines is 2. The summed E-state index contributed by atoms with van der Waals surface area (Å²) in [7, 11) is 0. The summed E-state index contributed by atoms with van der Waals surface area (Å²) in [5.41, 5.74) is 7.70. The SMILES string of the molecule is Nc1ncc(-c2cnn(C3CCN(CCOC4CCN(C(=O)C5CN(C6=CC(=O)N(C7CCC(=O)NC7=O)C6=O)C5)CC4)CC3)c2)nc1C(=O)O[C@@H](C(=O)Nc1ccc(F)cc1)c1ccccc1. The maximum atomic E-state index is 13.6. The molecule has 4 N–H and O–H groups in total. The van der Waals surface area contributed by atoms with Crippen molar-refractivity contribution in [2.75, 3.05) is 63.5 Å². The molecule has 9 rings (SSSR count). The molecule has 0 radical (unpaired) electrons. The minimum absolute atomic E-state index is 0.0125. The fourth-order valence-corrected chi connectivity index (χ4v) is 9.17. The summed E-state index contributed by atoms with van der Waals surface area (Å²) in [5, 5.41) is 9.45. The molecule has 0 spiro atoms. The van der Waals surface area contributed by atoms with Gasteiger partial charge in [0.2, 0.25) is 23.8 Å². The standard InChI is InChI=1S/C47H50FN11O9/c48-31-6-8-32(9-7-31)52-44(63)41(28-4-2-1-3-5-28)68-47(66)40-42(49)50-24-35(53-40)29-23-51-58(27-29)33-12-16-55(17-13-33)20-21-67-34-14-18-56(19-15-34)45(64)30-25-57(26-30)37-22-39(61)59(46(37)65)36-10-11-38(60)54-43(36)62/h1-9,22-24,27,30,33-34,36,41H,10-21,25-26H2,(H2,49,50)(H,52,63)(H,54,60,62)/t36?,41-/m1/s1. The fraction of sp³-hybridized carbons (Fsp3) is 0.404. The van der Waals surface area contributed by atoms with Gasteiger partial charge < -0.3 is 35.2 Å². The van der Waals surface area contributed by atoms with Crippen molar-refractivity contribution in [1.29, 1.82) is 0 Å². The van der Waals surface area contributed by atoms with Gasteiger partial charge in [-0.2, -0.15) is 5.10 Å². The van der Waals surface area contributed by atoms with E-state index in [0.717, 1.165) is 50.2 Å². The summed E-state index contributed by atoms with van der Waals surface area (Å²) in [5.74, 6) is -4.81. The number of rotatable bonds is 14. The Balaban J connectivity index is 0.697. The van der Waals surface area contributed by atoms with Crippen molar-refractivity contribution in [3.05, 3.63) is 102 Å². The third kappa shape index (κ3) is 9.98. The molecule has 0 bridgehead atoms. The molecule has 68 heavy (non-hydrogen) atoms. The molecular weight excluding hydrogens is 882 g/mol. The number of nitrogen functional groups attached to an aromatic ring is 1. The lowest BCUT2D eigenvalue weighted by Gasteiger charge is -2.43. The Labute approximate surface area is 389 Å². The summed E-state index contributed by atoms with van der Waals surface area (Å²) >= 11 is 0. The normalized spacial score (nSPS) is 20.2. The van der Waals surface area contributed by atoms with Gasteiger partial charge in [-0.1, -0.05) is 30.3 Å². The molecule has 6 amide bonds. The number of hydrogen-bond donors (Lipinski definition) is 3. The molecule has 21 heteroatoms. The molecular formula is C47H50FN11O9. The second kappa shape index (κ2) is 19.8. The lowest BCUT2D eigenvalue weighted by Crippen LogP contribution is -2.58. The number of carbonyl (C=O) groups excluding carboxylic acids is 7. The van der Waals surface area contributed by atoms with Gasteiger partial charge in [-0.05, 0) is 56.4 Å². The molecule has 4 saturated heterocycles. The van der Waals surface area contributed by atoms with E-state index >= 15 is 0 Å². The monoisotopic (exact) mass is 931 g/mol.